The summed E-state index contributed by atoms with van der Waals surface area (Å²) in [6.45, 7) is 7.06. The second kappa shape index (κ2) is 3.66. The first-order valence-corrected chi connectivity index (χ1v) is 4.92. The van der Waals surface area contributed by atoms with Crippen molar-refractivity contribution >= 4 is 5.91 Å². The standard InChI is InChI=1S/C10H20N2O/c1-7(6-11-4)9(13)12-8-5-10(8,2)3/h7-8,11H,5-6H2,1-4H3,(H,12,13). The Morgan fingerprint density at radius 1 is 1.62 bits per heavy atom. The van der Waals surface area contributed by atoms with Crippen molar-refractivity contribution in [1.82, 2.24) is 10.6 Å². The maximum Gasteiger partial charge on any atom is 0.224 e. The summed E-state index contributed by atoms with van der Waals surface area (Å²) in [6.07, 6.45) is 1.12. The molecule has 1 fully saturated rings. The third kappa shape index (κ3) is 2.69. The fraction of sp³-hybridized carbons (Fsp3) is 0.900. The summed E-state index contributed by atoms with van der Waals surface area (Å²) >= 11 is 0. The van der Waals surface area contributed by atoms with Gasteiger partial charge in [-0.2, -0.15) is 0 Å². The van der Waals surface area contributed by atoms with Crippen LogP contribution in [0.3, 0.4) is 0 Å². The normalized spacial score (nSPS) is 26.6. The van der Waals surface area contributed by atoms with E-state index in [0.29, 0.717) is 11.5 Å². The molecule has 1 amide bonds. The summed E-state index contributed by atoms with van der Waals surface area (Å²) in [5, 5.41) is 6.05. The Hall–Kier alpha value is -0.570. The zero-order valence-corrected chi connectivity index (χ0v) is 8.98. The van der Waals surface area contributed by atoms with Gasteiger partial charge in [-0.15, -0.1) is 0 Å². The lowest BCUT2D eigenvalue weighted by atomic mass is 10.1. The third-order valence-electron chi connectivity index (χ3n) is 2.79. The van der Waals surface area contributed by atoms with E-state index >= 15 is 0 Å². The molecular formula is C10H20N2O. The maximum absolute atomic E-state index is 11.5. The molecule has 0 aromatic heterocycles. The van der Waals surface area contributed by atoms with E-state index in [1.165, 1.54) is 0 Å². The molecule has 2 N–H and O–H groups in total. The highest BCUT2D eigenvalue weighted by Gasteiger charge is 2.46. The predicted octanol–water partition coefficient (Wildman–Crippen LogP) is 0.757. The Balaban J connectivity index is 2.26. The highest BCUT2D eigenvalue weighted by molar-refractivity contribution is 5.79. The number of amides is 1. The van der Waals surface area contributed by atoms with E-state index in [1.807, 2.05) is 14.0 Å². The van der Waals surface area contributed by atoms with Crippen LogP contribution in [0.15, 0.2) is 0 Å². The molecule has 0 aromatic carbocycles. The fourth-order valence-electron chi connectivity index (χ4n) is 1.43. The van der Waals surface area contributed by atoms with Crippen LogP contribution in [-0.2, 0) is 4.79 Å². The molecule has 0 aliphatic heterocycles. The van der Waals surface area contributed by atoms with Gasteiger partial charge in [0.2, 0.25) is 5.91 Å². The number of nitrogens with one attached hydrogen (secondary N) is 2. The second-order valence-corrected chi connectivity index (χ2v) is 4.71. The van der Waals surface area contributed by atoms with Crippen LogP contribution in [-0.4, -0.2) is 25.5 Å². The van der Waals surface area contributed by atoms with Gasteiger partial charge in [0.05, 0.1) is 0 Å². The average molecular weight is 184 g/mol. The number of hydrogen-bond acceptors (Lipinski definition) is 2. The van der Waals surface area contributed by atoms with Gasteiger partial charge in [0, 0.05) is 18.5 Å². The van der Waals surface area contributed by atoms with Crippen molar-refractivity contribution in [2.45, 2.75) is 33.2 Å². The SMILES string of the molecule is CNCC(C)C(=O)NC1CC1(C)C. The van der Waals surface area contributed by atoms with Crippen LogP contribution < -0.4 is 10.6 Å². The van der Waals surface area contributed by atoms with Crippen molar-refractivity contribution in [3.63, 3.8) is 0 Å². The lowest BCUT2D eigenvalue weighted by Crippen LogP contribution is -2.36. The molecule has 1 aliphatic rings. The molecule has 2 unspecified atom stereocenters. The Morgan fingerprint density at radius 3 is 2.54 bits per heavy atom. The van der Waals surface area contributed by atoms with Gasteiger partial charge in [-0.1, -0.05) is 20.8 Å². The number of hydrogen-bond donors (Lipinski definition) is 2. The summed E-state index contributed by atoms with van der Waals surface area (Å²) in [6, 6.07) is 0.402. The van der Waals surface area contributed by atoms with Crippen LogP contribution in [0.25, 0.3) is 0 Å². The molecular weight excluding hydrogens is 164 g/mol. The molecule has 76 valence electrons. The van der Waals surface area contributed by atoms with Gasteiger partial charge in [0.1, 0.15) is 0 Å². The number of rotatable bonds is 4. The van der Waals surface area contributed by atoms with Crippen LogP contribution in [0.5, 0.6) is 0 Å². The van der Waals surface area contributed by atoms with Crippen LogP contribution in [0.2, 0.25) is 0 Å². The van der Waals surface area contributed by atoms with E-state index in [2.05, 4.69) is 24.5 Å². The lowest BCUT2D eigenvalue weighted by Gasteiger charge is -2.12. The zero-order valence-electron chi connectivity index (χ0n) is 8.98. The van der Waals surface area contributed by atoms with Gasteiger partial charge in [0.25, 0.3) is 0 Å². The van der Waals surface area contributed by atoms with E-state index in [9.17, 15) is 4.79 Å². The first-order valence-electron chi connectivity index (χ1n) is 4.92. The van der Waals surface area contributed by atoms with Gasteiger partial charge in [-0.3, -0.25) is 4.79 Å². The summed E-state index contributed by atoms with van der Waals surface area (Å²) in [7, 11) is 1.87. The maximum atomic E-state index is 11.5. The van der Waals surface area contributed by atoms with Crippen LogP contribution in [0, 0.1) is 11.3 Å². The van der Waals surface area contributed by atoms with E-state index in [4.69, 9.17) is 0 Å². The molecule has 0 spiro atoms. The first-order chi connectivity index (χ1) is 5.97. The van der Waals surface area contributed by atoms with Crippen LogP contribution in [0.1, 0.15) is 27.2 Å². The topological polar surface area (TPSA) is 41.1 Å². The van der Waals surface area contributed by atoms with Gasteiger partial charge in [-0.25, -0.2) is 0 Å². The minimum atomic E-state index is 0.0707. The van der Waals surface area contributed by atoms with Gasteiger partial charge in [-0.05, 0) is 18.9 Å². The summed E-state index contributed by atoms with van der Waals surface area (Å²) in [5.41, 5.74) is 0.328. The van der Waals surface area contributed by atoms with Crippen molar-refractivity contribution in [3.8, 4) is 0 Å². The Labute approximate surface area is 80.3 Å². The second-order valence-electron chi connectivity index (χ2n) is 4.71. The Kier molecular flexibility index (Phi) is 2.96. The van der Waals surface area contributed by atoms with Crippen molar-refractivity contribution in [2.75, 3.05) is 13.6 Å². The van der Waals surface area contributed by atoms with Crippen molar-refractivity contribution in [3.05, 3.63) is 0 Å². The number of carbonyl (C=O) groups excluding carboxylic acids is 1. The molecule has 2 atom stereocenters. The van der Waals surface area contributed by atoms with E-state index in [-0.39, 0.29) is 11.8 Å². The van der Waals surface area contributed by atoms with Crippen LogP contribution in [0.4, 0.5) is 0 Å². The fourth-order valence-corrected chi connectivity index (χ4v) is 1.43. The molecule has 13 heavy (non-hydrogen) atoms. The first kappa shape index (κ1) is 10.5. The van der Waals surface area contributed by atoms with E-state index in [1.54, 1.807) is 0 Å². The number of carbonyl (C=O) groups is 1. The molecule has 0 aromatic rings. The molecule has 0 heterocycles. The minimum absolute atomic E-state index is 0.0707. The van der Waals surface area contributed by atoms with E-state index < -0.39 is 0 Å². The monoisotopic (exact) mass is 184 g/mol. The molecule has 1 saturated carbocycles. The highest BCUT2D eigenvalue weighted by atomic mass is 16.2. The van der Waals surface area contributed by atoms with Gasteiger partial charge >= 0.3 is 0 Å². The van der Waals surface area contributed by atoms with Gasteiger partial charge in [0.15, 0.2) is 0 Å². The van der Waals surface area contributed by atoms with Crippen molar-refractivity contribution < 1.29 is 4.79 Å². The zero-order chi connectivity index (χ0) is 10.1. The van der Waals surface area contributed by atoms with Crippen LogP contribution >= 0.6 is 0 Å². The van der Waals surface area contributed by atoms with Crippen molar-refractivity contribution in [2.24, 2.45) is 11.3 Å². The molecule has 0 radical (unpaired) electrons. The van der Waals surface area contributed by atoms with Crippen molar-refractivity contribution in [1.29, 1.82) is 0 Å². The highest BCUT2D eigenvalue weighted by Crippen LogP contribution is 2.44. The van der Waals surface area contributed by atoms with Gasteiger partial charge < -0.3 is 10.6 Å². The Morgan fingerprint density at radius 2 is 2.15 bits per heavy atom. The average Bonchev–Trinajstić information content (AvgIpc) is 2.59. The molecule has 0 bridgehead atoms. The predicted molar refractivity (Wildman–Crippen MR) is 53.4 cm³/mol. The smallest absolute Gasteiger partial charge is 0.224 e. The largest absolute Gasteiger partial charge is 0.353 e. The Bertz CT molecular complexity index is 201. The molecule has 3 heteroatoms. The summed E-state index contributed by atoms with van der Waals surface area (Å²) < 4.78 is 0. The minimum Gasteiger partial charge on any atom is -0.353 e. The van der Waals surface area contributed by atoms with E-state index in [0.717, 1.165) is 13.0 Å². The molecule has 1 rings (SSSR count). The third-order valence-corrected chi connectivity index (χ3v) is 2.79. The molecule has 3 nitrogen and oxygen atoms in total. The quantitative estimate of drug-likeness (QED) is 0.677. The molecule has 1 aliphatic carbocycles. The summed E-state index contributed by atoms with van der Waals surface area (Å²) in [5.74, 6) is 0.242. The molecule has 0 saturated heterocycles. The summed E-state index contributed by atoms with van der Waals surface area (Å²) in [4.78, 5) is 11.5. The lowest BCUT2D eigenvalue weighted by molar-refractivity contribution is -0.124.